The van der Waals surface area contributed by atoms with Gasteiger partial charge in [-0.25, -0.2) is 4.79 Å². The first-order valence-electron chi connectivity index (χ1n) is 10.9. The smallest absolute Gasteiger partial charge is 0.321 e. The Morgan fingerprint density at radius 1 is 1.09 bits per heavy atom. The van der Waals surface area contributed by atoms with Crippen molar-refractivity contribution in [2.24, 2.45) is 0 Å². The van der Waals surface area contributed by atoms with Gasteiger partial charge in [0, 0.05) is 53.6 Å². The number of nitrogens with zero attached hydrogens (tertiary/aromatic N) is 2. The van der Waals surface area contributed by atoms with Gasteiger partial charge in [0.25, 0.3) is 11.8 Å². The second-order valence-corrected chi connectivity index (χ2v) is 9.21. The van der Waals surface area contributed by atoms with E-state index in [1.54, 1.807) is 46.6 Å². The summed E-state index contributed by atoms with van der Waals surface area (Å²) in [5, 5.41) is 7.78. The Balaban J connectivity index is 1.34. The van der Waals surface area contributed by atoms with Crippen LogP contribution in [0, 0.1) is 6.92 Å². The quantitative estimate of drug-likeness (QED) is 0.617. The largest absolute Gasteiger partial charge is 0.336 e. The fraction of sp³-hybridized carbons (Fsp3) is 0.240. The third kappa shape index (κ3) is 4.09. The minimum atomic E-state index is -0.287. The van der Waals surface area contributed by atoms with E-state index in [-0.39, 0.29) is 17.8 Å². The fourth-order valence-corrected chi connectivity index (χ4v) is 5.21. The average Bonchev–Trinajstić information content (AvgIpc) is 3.48. The predicted octanol–water partition coefficient (Wildman–Crippen LogP) is 4.04. The Morgan fingerprint density at radius 3 is 2.76 bits per heavy atom. The highest BCUT2D eigenvalue weighted by Gasteiger charge is 2.25. The molecule has 2 aliphatic heterocycles. The zero-order valence-corrected chi connectivity index (χ0v) is 19.1. The van der Waals surface area contributed by atoms with Crippen LogP contribution in [-0.4, -0.2) is 42.4 Å². The summed E-state index contributed by atoms with van der Waals surface area (Å²) in [7, 11) is 0. The summed E-state index contributed by atoms with van der Waals surface area (Å²) >= 11 is 1.74. The molecule has 1 saturated heterocycles. The lowest BCUT2D eigenvalue weighted by Gasteiger charge is -2.28. The maximum atomic E-state index is 13.3. The molecule has 4 amide bonds. The maximum absolute atomic E-state index is 13.3. The van der Waals surface area contributed by atoms with Crippen molar-refractivity contribution < 1.29 is 14.4 Å². The number of hydrogen-bond acceptors (Lipinski definition) is 4. The van der Waals surface area contributed by atoms with Crippen LogP contribution in [0.3, 0.4) is 0 Å². The monoisotopic (exact) mass is 460 g/mol. The second kappa shape index (κ2) is 8.71. The topological polar surface area (TPSA) is 81.8 Å². The molecule has 0 aliphatic carbocycles. The summed E-state index contributed by atoms with van der Waals surface area (Å²) in [5.41, 5.74) is 4.27. The second-order valence-electron chi connectivity index (χ2n) is 8.21. The zero-order valence-electron chi connectivity index (χ0n) is 18.3. The van der Waals surface area contributed by atoms with Crippen LogP contribution in [0.5, 0.6) is 0 Å². The summed E-state index contributed by atoms with van der Waals surface area (Å²) in [6.07, 6.45) is 0.875. The van der Waals surface area contributed by atoms with E-state index >= 15 is 0 Å². The van der Waals surface area contributed by atoms with Gasteiger partial charge in [-0.2, -0.15) is 0 Å². The number of carbonyl (C=O) groups excluding carboxylic acids is 3. The van der Waals surface area contributed by atoms with Crippen LogP contribution in [-0.2, 0) is 13.0 Å². The highest BCUT2D eigenvalue weighted by atomic mass is 32.1. The maximum Gasteiger partial charge on any atom is 0.321 e. The lowest BCUT2D eigenvalue weighted by Crippen LogP contribution is -2.35. The van der Waals surface area contributed by atoms with Crippen molar-refractivity contribution in [3.63, 3.8) is 0 Å². The van der Waals surface area contributed by atoms with Crippen LogP contribution in [0.2, 0.25) is 0 Å². The molecule has 2 aliphatic rings. The van der Waals surface area contributed by atoms with Gasteiger partial charge >= 0.3 is 6.03 Å². The van der Waals surface area contributed by atoms with Crippen molar-refractivity contribution in [2.75, 3.05) is 29.9 Å². The Hall–Kier alpha value is -3.65. The Labute approximate surface area is 196 Å². The average molecular weight is 461 g/mol. The van der Waals surface area contributed by atoms with Gasteiger partial charge in [-0.15, -0.1) is 11.3 Å². The molecule has 3 aromatic rings. The van der Waals surface area contributed by atoms with Gasteiger partial charge in [0.05, 0.1) is 0 Å². The van der Waals surface area contributed by atoms with Crippen LogP contribution < -0.4 is 15.5 Å². The first-order valence-corrected chi connectivity index (χ1v) is 11.8. The van der Waals surface area contributed by atoms with Crippen molar-refractivity contribution in [2.45, 2.75) is 19.9 Å². The number of carbonyl (C=O) groups is 3. The molecule has 2 N–H and O–H groups in total. The van der Waals surface area contributed by atoms with Gasteiger partial charge in [0.2, 0.25) is 0 Å². The summed E-state index contributed by atoms with van der Waals surface area (Å²) in [6.45, 7) is 4.31. The molecular weight excluding hydrogens is 436 g/mol. The molecule has 8 heteroatoms. The van der Waals surface area contributed by atoms with Gasteiger partial charge in [-0.1, -0.05) is 12.1 Å². The van der Waals surface area contributed by atoms with Crippen molar-refractivity contribution in [3.8, 4) is 0 Å². The minimum Gasteiger partial charge on any atom is -0.336 e. The van der Waals surface area contributed by atoms with E-state index in [0.29, 0.717) is 48.7 Å². The number of nitrogens with one attached hydrogen (secondary N) is 2. The molecule has 1 aromatic heterocycles. The SMILES string of the molecule is Cc1c(NC(=O)c2cccc(N3CCNC3=O)c2)cccc1C(=O)N1CCc2sccc2C1. The molecule has 5 rings (SSSR count). The summed E-state index contributed by atoms with van der Waals surface area (Å²) in [6, 6.07) is 14.3. The van der Waals surface area contributed by atoms with Gasteiger partial charge in [0.15, 0.2) is 0 Å². The third-order valence-electron chi connectivity index (χ3n) is 6.18. The van der Waals surface area contributed by atoms with Gasteiger partial charge in [-0.3, -0.25) is 14.5 Å². The number of hydrogen-bond donors (Lipinski definition) is 2. The van der Waals surface area contributed by atoms with E-state index in [4.69, 9.17) is 0 Å². The number of rotatable bonds is 4. The third-order valence-corrected chi connectivity index (χ3v) is 7.21. The minimum absolute atomic E-state index is 0.0255. The van der Waals surface area contributed by atoms with E-state index in [2.05, 4.69) is 22.1 Å². The lowest BCUT2D eigenvalue weighted by atomic mass is 10.0. The lowest BCUT2D eigenvalue weighted by molar-refractivity contribution is 0.0735. The van der Waals surface area contributed by atoms with Crippen LogP contribution in [0.4, 0.5) is 16.2 Å². The normalized spacial score (nSPS) is 15.2. The van der Waals surface area contributed by atoms with Crippen LogP contribution in [0.25, 0.3) is 0 Å². The van der Waals surface area contributed by atoms with E-state index in [9.17, 15) is 14.4 Å². The predicted molar refractivity (Wildman–Crippen MR) is 129 cm³/mol. The summed E-state index contributed by atoms with van der Waals surface area (Å²) in [4.78, 5) is 43.0. The van der Waals surface area contributed by atoms with Crippen LogP contribution >= 0.6 is 11.3 Å². The van der Waals surface area contributed by atoms with Gasteiger partial charge in [-0.05, 0) is 66.2 Å². The van der Waals surface area contributed by atoms with E-state index < -0.39 is 0 Å². The summed E-state index contributed by atoms with van der Waals surface area (Å²) in [5.74, 6) is -0.312. The van der Waals surface area contributed by atoms with Crippen molar-refractivity contribution in [3.05, 3.63) is 81.0 Å². The molecule has 33 heavy (non-hydrogen) atoms. The van der Waals surface area contributed by atoms with Crippen LogP contribution in [0.15, 0.2) is 53.9 Å². The molecule has 1 fully saturated rings. The molecular formula is C25H24N4O3S. The molecule has 0 saturated carbocycles. The molecule has 0 atom stereocenters. The van der Waals surface area contributed by atoms with Crippen LogP contribution in [0.1, 0.15) is 36.7 Å². The number of thiophene rings is 1. The number of benzene rings is 2. The molecule has 7 nitrogen and oxygen atoms in total. The fourth-order valence-electron chi connectivity index (χ4n) is 4.32. The standard InChI is InChI=1S/C25H24N4O3S/c1-16-20(24(31)28-11-8-22-18(15-28)9-13-33-22)6-3-7-21(16)27-23(30)17-4-2-5-19(14-17)29-12-10-26-25(29)32/h2-7,9,13-14H,8,10-12,15H2,1H3,(H,26,32)(H,27,30). The Kier molecular flexibility index (Phi) is 5.60. The molecule has 2 aromatic carbocycles. The van der Waals surface area contributed by atoms with Crippen molar-refractivity contribution >= 4 is 40.6 Å². The summed E-state index contributed by atoms with van der Waals surface area (Å²) < 4.78 is 0. The molecule has 0 spiro atoms. The van der Waals surface area contributed by atoms with Crippen molar-refractivity contribution in [1.29, 1.82) is 0 Å². The Bertz CT molecular complexity index is 1250. The number of fused-ring (bicyclic) bond motifs is 1. The molecule has 0 unspecified atom stereocenters. The number of urea groups is 1. The molecule has 0 bridgehead atoms. The highest BCUT2D eigenvalue weighted by molar-refractivity contribution is 7.10. The molecule has 3 heterocycles. The first-order chi connectivity index (χ1) is 16.0. The molecule has 0 radical (unpaired) electrons. The van der Waals surface area contributed by atoms with E-state index in [0.717, 1.165) is 12.0 Å². The number of amides is 4. The molecule has 168 valence electrons. The Morgan fingerprint density at radius 2 is 1.94 bits per heavy atom. The number of anilines is 2. The van der Waals surface area contributed by atoms with Gasteiger partial charge in [0.1, 0.15) is 0 Å². The highest BCUT2D eigenvalue weighted by Crippen LogP contribution is 2.27. The first kappa shape index (κ1) is 21.2. The van der Waals surface area contributed by atoms with Gasteiger partial charge < -0.3 is 15.5 Å². The zero-order chi connectivity index (χ0) is 22.9. The van der Waals surface area contributed by atoms with E-state index in [1.165, 1.54) is 10.4 Å². The van der Waals surface area contributed by atoms with Crippen molar-refractivity contribution in [1.82, 2.24) is 10.2 Å². The van der Waals surface area contributed by atoms with E-state index in [1.807, 2.05) is 24.0 Å².